The summed E-state index contributed by atoms with van der Waals surface area (Å²) in [4.78, 5) is 1.18. The standard InChI is InChI=1S/C16H22FN3S/c1-4-8-18-15(16-14(5-2)19-20-21-16)10-12-9-13(17)7-6-11(12)3/h6-7,9,15,18H,4-5,8,10H2,1-3H3. The number of halogens is 1. The zero-order valence-electron chi connectivity index (χ0n) is 12.8. The van der Waals surface area contributed by atoms with Gasteiger partial charge in [-0.25, -0.2) is 4.39 Å². The van der Waals surface area contributed by atoms with Crippen LogP contribution in [0.3, 0.4) is 0 Å². The Hall–Kier alpha value is -1.33. The third kappa shape index (κ3) is 4.08. The highest BCUT2D eigenvalue weighted by Crippen LogP contribution is 2.26. The molecule has 1 unspecified atom stereocenters. The number of hydrogen-bond acceptors (Lipinski definition) is 4. The first kappa shape index (κ1) is 16.0. The van der Waals surface area contributed by atoms with Crippen LogP contribution < -0.4 is 5.32 Å². The maximum Gasteiger partial charge on any atom is 0.123 e. The number of rotatable bonds is 7. The van der Waals surface area contributed by atoms with Gasteiger partial charge in [-0.1, -0.05) is 24.4 Å². The summed E-state index contributed by atoms with van der Waals surface area (Å²) < 4.78 is 17.6. The fraction of sp³-hybridized carbons (Fsp3) is 0.500. The smallest absolute Gasteiger partial charge is 0.123 e. The summed E-state index contributed by atoms with van der Waals surface area (Å²) in [6.45, 7) is 7.19. The highest BCUT2D eigenvalue weighted by molar-refractivity contribution is 7.05. The van der Waals surface area contributed by atoms with Gasteiger partial charge in [-0.05, 0) is 67.5 Å². The first-order chi connectivity index (χ1) is 10.2. The molecule has 114 valence electrons. The van der Waals surface area contributed by atoms with E-state index in [4.69, 9.17) is 0 Å². The van der Waals surface area contributed by atoms with Crippen molar-refractivity contribution >= 4 is 11.5 Å². The van der Waals surface area contributed by atoms with Crippen LogP contribution in [-0.4, -0.2) is 16.1 Å². The molecule has 2 rings (SSSR count). The molecule has 1 atom stereocenters. The van der Waals surface area contributed by atoms with Crippen LogP contribution in [0.5, 0.6) is 0 Å². The number of nitrogens with zero attached hydrogens (tertiary/aromatic N) is 2. The van der Waals surface area contributed by atoms with Gasteiger partial charge in [-0.3, -0.25) is 0 Å². The highest BCUT2D eigenvalue weighted by atomic mass is 32.1. The van der Waals surface area contributed by atoms with Crippen molar-refractivity contribution in [1.82, 2.24) is 14.9 Å². The predicted molar refractivity (Wildman–Crippen MR) is 85.2 cm³/mol. The van der Waals surface area contributed by atoms with E-state index < -0.39 is 0 Å². The van der Waals surface area contributed by atoms with Crippen molar-refractivity contribution in [3.63, 3.8) is 0 Å². The quantitative estimate of drug-likeness (QED) is 0.844. The number of aromatic nitrogens is 2. The van der Waals surface area contributed by atoms with Crippen LogP contribution in [-0.2, 0) is 12.8 Å². The molecule has 0 spiro atoms. The van der Waals surface area contributed by atoms with Gasteiger partial charge in [0.05, 0.1) is 10.6 Å². The normalized spacial score (nSPS) is 12.6. The predicted octanol–water partition coefficient (Wildman–Crippen LogP) is 3.83. The molecule has 3 nitrogen and oxygen atoms in total. The Balaban J connectivity index is 2.26. The molecule has 0 radical (unpaired) electrons. The van der Waals surface area contributed by atoms with Crippen LogP contribution in [0, 0.1) is 12.7 Å². The molecule has 1 aromatic carbocycles. The van der Waals surface area contributed by atoms with Crippen LogP contribution in [0.15, 0.2) is 18.2 Å². The van der Waals surface area contributed by atoms with E-state index in [0.717, 1.165) is 42.6 Å². The summed E-state index contributed by atoms with van der Waals surface area (Å²) in [5.74, 6) is -0.178. The third-order valence-electron chi connectivity index (χ3n) is 3.61. The average Bonchev–Trinajstić information content (AvgIpc) is 2.95. The SMILES string of the molecule is CCCNC(Cc1cc(F)ccc1C)c1snnc1CC. The Kier molecular flexibility index (Phi) is 5.82. The van der Waals surface area contributed by atoms with Gasteiger partial charge in [0.2, 0.25) is 0 Å². The second-order valence-electron chi connectivity index (χ2n) is 5.22. The van der Waals surface area contributed by atoms with Crippen molar-refractivity contribution in [2.75, 3.05) is 6.54 Å². The lowest BCUT2D eigenvalue weighted by molar-refractivity contribution is 0.529. The van der Waals surface area contributed by atoms with Gasteiger partial charge in [0.15, 0.2) is 0 Å². The van der Waals surface area contributed by atoms with Crippen LogP contribution in [0.2, 0.25) is 0 Å². The zero-order chi connectivity index (χ0) is 15.2. The monoisotopic (exact) mass is 307 g/mol. The molecule has 0 saturated heterocycles. The first-order valence-electron chi connectivity index (χ1n) is 7.45. The zero-order valence-corrected chi connectivity index (χ0v) is 13.6. The highest BCUT2D eigenvalue weighted by Gasteiger charge is 2.19. The molecular formula is C16H22FN3S. The molecule has 0 fully saturated rings. The lowest BCUT2D eigenvalue weighted by atomic mass is 9.99. The van der Waals surface area contributed by atoms with Crippen LogP contribution in [0.4, 0.5) is 4.39 Å². The molecule has 2 aromatic rings. The molecule has 0 aliphatic carbocycles. The summed E-state index contributed by atoms with van der Waals surface area (Å²) in [6, 6.07) is 5.14. The van der Waals surface area contributed by atoms with E-state index in [9.17, 15) is 4.39 Å². The maximum atomic E-state index is 13.5. The summed E-state index contributed by atoms with van der Waals surface area (Å²) >= 11 is 1.44. The lowest BCUT2D eigenvalue weighted by Gasteiger charge is -2.19. The first-order valence-corrected chi connectivity index (χ1v) is 8.22. The van der Waals surface area contributed by atoms with E-state index in [1.807, 2.05) is 13.0 Å². The van der Waals surface area contributed by atoms with Crippen LogP contribution >= 0.6 is 11.5 Å². The topological polar surface area (TPSA) is 37.8 Å². The van der Waals surface area contributed by atoms with E-state index in [2.05, 4.69) is 28.8 Å². The minimum absolute atomic E-state index is 0.153. The molecule has 5 heteroatoms. The Labute approximate surface area is 129 Å². The van der Waals surface area contributed by atoms with Gasteiger partial charge >= 0.3 is 0 Å². The Morgan fingerprint density at radius 1 is 1.33 bits per heavy atom. The summed E-state index contributed by atoms with van der Waals surface area (Å²) in [7, 11) is 0. The molecule has 0 amide bonds. The number of hydrogen-bond donors (Lipinski definition) is 1. The van der Waals surface area contributed by atoms with E-state index in [0.29, 0.717) is 0 Å². The van der Waals surface area contributed by atoms with Gasteiger partial charge in [-0.2, -0.15) is 0 Å². The van der Waals surface area contributed by atoms with Crippen molar-refractivity contribution in [1.29, 1.82) is 0 Å². The van der Waals surface area contributed by atoms with E-state index in [1.54, 1.807) is 6.07 Å². The molecule has 21 heavy (non-hydrogen) atoms. The van der Waals surface area contributed by atoms with Crippen molar-refractivity contribution < 1.29 is 4.39 Å². The molecule has 1 N–H and O–H groups in total. The second-order valence-corrected chi connectivity index (χ2v) is 6.00. The van der Waals surface area contributed by atoms with Gasteiger partial charge in [-0.15, -0.1) is 5.10 Å². The van der Waals surface area contributed by atoms with Crippen molar-refractivity contribution in [3.05, 3.63) is 45.7 Å². The van der Waals surface area contributed by atoms with Gasteiger partial charge < -0.3 is 5.32 Å². The fourth-order valence-electron chi connectivity index (χ4n) is 2.38. The van der Waals surface area contributed by atoms with Crippen molar-refractivity contribution in [2.45, 2.75) is 46.1 Å². The average molecular weight is 307 g/mol. The number of benzene rings is 1. The summed E-state index contributed by atoms with van der Waals surface area (Å²) in [5.41, 5.74) is 3.21. The third-order valence-corrected chi connectivity index (χ3v) is 4.49. The van der Waals surface area contributed by atoms with Gasteiger partial charge in [0.25, 0.3) is 0 Å². The second kappa shape index (κ2) is 7.61. The lowest BCUT2D eigenvalue weighted by Crippen LogP contribution is -2.24. The van der Waals surface area contributed by atoms with Crippen LogP contribution in [0.25, 0.3) is 0 Å². The number of nitrogens with one attached hydrogen (secondary N) is 1. The minimum Gasteiger partial charge on any atom is -0.309 e. The van der Waals surface area contributed by atoms with Gasteiger partial charge in [0.1, 0.15) is 5.82 Å². The van der Waals surface area contributed by atoms with E-state index in [1.165, 1.54) is 22.5 Å². The van der Waals surface area contributed by atoms with Gasteiger partial charge in [0, 0.05) is 6.04 Å². The molecular weight excluding hydrogens is 285 g/mol. The molecule has 0 aliphatic rings. The largest absolute Gasteiger partial charge is 0.309 e. The number of aryl methyl sites for hydroxylation is 2. The molecule has 0 bridgehead atoms. The Morgan fingerprint density at radius 3 is 2.86 bits per heavy atom. The summed E-state index contributed by atoms with van der Waals surface area (Å²) in [6.07, 6.45) is 2.70. The fourth-order valence-corrected chi connectivity index (χ4v) is 3.19. The van der Waals surface area contributed by atoms with E-state index in [-0.39, 0.29) is 11.9 Å². The van der Waals surface area contributed by atoms with Crippen molar-refractivity contribution in [3.8, 4) is 0 Å². The Morgan fingerprint density at radius 2 is 2.14 bits per heavy atom. The minimum atomic E-state index is -0.178. The van der Waals surface area contributed by atoms with Crippen molar-refractivity contribution in [2.24, 2.45) is 0 Å². The molecule has 0 aliphatic heterocycles. The van der Waals surface area contributed by atoms with Crippen LogP contribution in [0.1, 0.15) is 48.0 Å². The van der Waals surface area contributed by atoms with E-state index >= 15 is 0 Å². The maximum absolute atomic E-state index is 13.5. The molecule has 1 aromatic heterocycles. The Bertz CT molecular complexity index is 583. The molecule has 0 saturated carbocycles. The molecule has 1 heterocycles. The summed E-state index contributed by atoms with van der Waals surface area (Å²) in [5, 5.41) is 7.75.